The van der Waals surface area contributed by atoms with Crippen molar-refractivity contribution in [1.82, 2.24) is 15.2 Å². The van der Waals surface area contributed by atoms with Crippen LogP contribution >= 0.6 is 0 Å². The molecule has 1 aromatic heterocycles. The van der Waals surface area contributed by atoms with E-state index in [-0.39, 0.29) is 13.1 Å². The summed E-state index contributed by atoms with van der Waals surface area (Å²) in [5.74, 6) is -0.440. The Labute approximate surface area is 138 Å². The number of nitrogens with one attached hydrogen (secondary N) is 1. The third-order valence-electron chi connectivity index (χ3n) is 3.41. The van der Waals surface area contributed by atoms with Crippen molar-refractivity contribution in [2.45, 2.75) is 0 Å². The van der Waals surface area contributed by atoms with Gasteiger partial charge in [-0.25, -0.2) is 4.98 Å². The molecule has 22 heavy (non-hydrogen) atoms. The van der Waals surface area contributed by atoms with E-state index in [1.807, 2.05) is 36.4 Å². The van der Waals surface area contributed by atoms with Gasteiger partial charge >= 0.3 is 0 Å². The van der Waals surface area contributed by atoms with Crippen LogP contribution in [0.15, 0.2) is 48.5 Å². The number of carbonyl (C=O) groups is 1. The van der Waals surface area contributed by atoms with Crippen LogP contribution in [-0.4, -0.2) is 42.8 Å². The summed E-state index contributed by atoms with van der Waals surface area (Å²) in [5.41, 5.74) is 1.63. The molecule has 1 heterocycles. The van der Waals surface area contributed by atoms with Gasteiger partial charge in [0.05, 0.1) is 16.6 Å². The highest BCUT2D eigenvalue weighted by Crippen LogP contribution is 2.22. The van der Waals surface area contributed by atoms with Gasteiger partial charge in [-0.05, 0) is 32.2 Å². The molecule has 4 heteroatoms. The van der Waals surface area contributed by atoms with Crippen LogP contribution in [0.2, 0.25) is 0 Å². The van der Waals surface area contributed by atoms with Crippen LogP contribution in [0.25, 0.3) is 21.8 Å². The van der Waals surface area contributed by atoms with Gasteiger partial charge in [-0.3, -0.25) is 4.79 Å². The van der Waals surface area contributed by atoms with Crippen LogP contribution in [0.3, 0.4) is 0 Å². The van der Waals surface area contributed by atoms with E-state index in [0.29, 0.717) is 16.0 Å². The Morgan fingerprint density at radius 2 is 2.00 bits per heavy atom. The van der Waals surface area contributed by atoms with E-state index in [4.69, 9.17) is 8.22 Å². The molecule has 112 valence electrons. The highest BCUT2D eigenvalue weighted by Gasteiger charge is 2.11. The van der Waals surface area contributed by atoms with Crippen molar-refractivity contribution < 1.29 is 13.0 Å². The number of aromatic nitrogens is 1. The third-order valence-corrected chi connectivity index (χ3v) is 3.41. The van der Waals surface area contributed by atoms with Gasteiger partial charge in [0.1, 0.15) is 0 Å². The van der Waals surface area contributed by atoms with Crippen LogP contribution in [0.1, 0.15) is 18.6 Å². The summed E-state index contributed by atoms with van der Waals surface area (Å²) < 4.78 is 44.1. The minimum absolute atomic E-state index is 0.125. The first kappa shape index (κ1) is 8.86. The fourth-order valence-corrected chi connectivity index (χ4v) is 2.36. The number of likely N-dealkylation sites (N-methyl/N-ethyl adjacent to an activating group) is 1. The Balaban J connectivity index is 1.81. The Hall–Kier alpha value is -2.46. The number of hydrogen-bond acceptors (Lipinski definition) is 3. The van der Waals surface area contributed by atoms with Gasteiger partial charge in [-0.2, -0.15) is 0 Å². The maximum Gasteiger partial charge on any atom is 0.253 e. The third kappa shape index (κ3) is 2.92. The zero-order valence-electron chi connectivity index (χ0n) is 17.8. The number of benzene rings is 2. The lowest BCUT2D eigenvalue weighted by Crippen LogP contribution is -2.31. The molecule has 1 N–H and O–H groups in total. The zero-order valence-corrected chi connectivity index (χ0v) is 11.8. The average molecular weight is 299 g/mol. The second-order valence-corrected chi connectivity index (χ2v) is 4.97. The molecule has 4 nitrogen and oxygen atoms in total. The summed E-state index contributed by atoms with van der Waals surface area (Å²) in [5, 5.41) is 4.35. The normalized spacial score (nSPS) is 16.4. The van der Waals surface area contributed by atoms with Gasteiger partial charge in [0.25, 0.3) is 5.91 Å². The quantitative estimate of drug-likeness (QED) is 0.753. The molecule has 3 rings (SSSR count). The van der Waals surface area contributed by atoms with E-state index in [1.165, 1.54) is 0 Å². The molecule has 2 aromatic carbocycles. The maximum absolute atomic E-state index is 12.6. The predicted molar refractivity (Wildman–Crippen MR) is 90.1 cm³/mol. The van der Waals surface area contributed by atoms with Gasteiger partial charge in [0.2, 0.25) is 0 Å². The molecule has 1 amide bonds. The largest absolute Gasteiger partial charge is 0.351 e. The number of rotatable bonds is 4. The number of hydrogen-bond donors (Lipinski definition) is 1. The van der Waals surface area contributed by atoms with Crippen molar-refractivity contribution in [3.8, 4) is 0 Å². The molecule has 3 aromatic rings. The summed E-state index contributed by atoms with van der Waals surface area (Å²) in [7, 11) is 0. The lowest BCUT2D eigenvalue weighted by molar-refractivity contribution is 0.0952. The topological polar surface area (TPSA) is 45.2 Å². The first-order valence-corrected chi connectivity index (χ1v) is 6.92. The van der Waals surface area contributed by atoms with Gasteiger partial charge in [-0.15, -0.1) is 0 Å². The molecule has 0 bridgehead atoms. The van der Waals surface area contributed by atoms with Crippen LogP contribution in [-0.2, 0) is 0 Å². The van der Waals surface area contributed by atoms with Gasteiger partial charge in [-0.1, -0.05) is 30.3 Å². The first-order chi connectivity index (χ1) is 13.1. The van der Waals surface area contributed by atoms with Crippen molar-refractivity contribution in [1.29, 1.82) is 0 Å². The predicted octanol–water partition coefficient (Wildman–Crippen LogP) is 2.68. The number of amides is 1. The molecular formula is C18H19N3O. The molecule has 0 saturated carbocycles. The summed E-state index contributed by atoms with van der Waals surface area (Å²) in [6.07, 6.45) is 0. The average Bonchev–Trinajstić information content (AvgIpc) is 2.60. The number of carbonyl (C=O) groups excluding carboxylic acids is 1. The molecular weight excluding hydrogens is 274 g/mol. The Kier molecular flexibility index (Phi) is 2.46. The molecule has 0 radical (unpaired) electrons. The molecule has 0 unspecified atom stereocenters. The van der Waals surface area contributed by atoms with E-state index >= 15 is 0 Å². The van der Waals surface area contributed by atoms with Gasteiger partial charge in [0.15, 0.2) is 0 Å². The second-order valence-electron chi connectivity index (χ2n) is 4.97. The summed E-state index contributed by atoms with van der Waals surface area (Å²) >= 11 is 0. The Morgan fingerprint density at radius 1 is 1.18 bits per heavy atom. The number of pyridine rings is 1. The first-order valence-electron chi connectivity index (χ1n) is 9.92. The highest BCUT2D eigenvalue weighted by molar-refractivity contribution is 6.07. The van der Waals surface area contributed by atoms with Crippen LogP contribution in [0, 0.1) is 0 Å². The minimum atomic E-state index is -2.78. The van der Waals surface area contributed by atoms with Crippen molar-refractivity contribution in [2.75, 3.05) is 27.0 Å². The summed E-state index contributed by atoms with van der Waals surface area (Å²) in [6.45, 7) is -6.02. The smallest absolute Gasteiger partial charge is 0.253 e. The number of fused-ring (bicyclic) bond motifs is 2. The monoisotopic (exact) mass is 299 g/mol. The summed E-state index contributed by atoms with van der Waals surface area (Å²) in [4.78, 5) is 17.6. The van der Waals surface area contributed by atoms with Crippen molar-refractivity contribution in [3.63, 3.8) is 0 Å². The molecule has 0 atom stereocenters. The second kappa shape index (κ2) is 6.12. The maximum atomic E-state index is 12.6. The lowest BCUT2D eigenvalue weighted by atomic mass is 10.1. The van der Waals surface area contributed by atoms with Crippen molar-refractivity contribution in [3.05, 3.63) is 54.1 Å². The van der Waals surface area contributed by atoms with Crippen LogP contribution in [0.4, 0.5) is 0 Å². The highest BCUT2D eigenvalue weighted by atomic mass is 16.1. The molecule has 0 fully saturated rings. The van der Waals surface area contributed by atoms with Crippen molar-refractivity contribution in [2.24, 2.45) is 0 Å². The Morgan fingerprint density at radius 3 is 2.86 bits per heavy atom. The lowest BCUT2D eigenvalue weighted by Gasteiger charge is -2.11. The molecule has 0 aliphatic heterocycles. The molecule has 0 aliphatic carbocycles. The van der Waals surface area contributed by atoms with E-state index in [9.17, 15) is 4.79 Å². The van der Waals surface area contributed by atoms with Crippen LogP contribution in [0.5, 0.6) is 0 Å². The van der Waals surface area contributed by atoms with E-state index in [0.717, 1.165) is 16.3 Å². The minimum Gasteiger partial charge on any atom is -0.351 e. The van der Waals surface area contributed by atoms with Gasteiger partial charge in [0, 0.05) is 32.1 Å². The fourth-order valence-electron chi connectivity index (χ4n) is 2.36. The molecule has 0 saturated heterocycles. The van der Waals surface area contributed by atoms with E-state index in [2.05, 4.69) is 10.3 Å². The van der Waals surface area contributed by atoms with Crippen LogP contribution < -0.4 is 5.32 Å². The molecule has 0 aliphatic rings. The van der Waals surface area contributed by atoms with Gasteiger partial charge < -0.3 is 10.2 Å². The zero-order chi connectivity index (χ0) is 20.5. The number of nitrogens with zero attached hydrogens (tertiary/aromatic N) is 2. The molecule has 0 spiro atoms. The van der Waals surface area contributed by atoms with E-state index in [1.54, 1.807) is 12.1 Å². The Bertz CT molecular complexity index is 1000. The standard InChI is InChI=1S/C18H19N3O/c1-21(2)11-10-19-18(22)15-8-5-7-14-12-13-6-3-4-9-16(13)20-17(14)15/h3-9,12H,10-11H2,1-2H3,(H,19,22)/i1D3,2D3. The van der Waals surface area contributed by atoms with E-state index < -0.39 is 19.9 Å². The van der Waals surface area contributed by atoms with Crippen molar-refractivity contribution >= 4 is 27.7 Å². The summed E-state index contributed by atoms with van der Waals surface area (Å²) in [6, 6.07) is 14.7. The number of para-hydroxylation sites is 2. The SMILES string of the molecule is [2H]C([2H])([2H])N(CCNC(=O)c1cccc2cc3ccccc3nc12)C([2H])([2H])[2H]. The fraction of sp³-hybridized carbons (Fsp3) is 0.222.